The number of carboxylic acid groups (broad SMARTS) is 1. The van der Waals surface area contributed by atoms with Gasteiger partial charge in [0.2, 0.25) is 5.91 Å². The Labute approximate surface area is 279 Å². The quantitative estimate of drug-likeness (QED) is 0.0492. The van der Waals surface area contributed by atoms with E-state index >= 15 is 0 Å². The number of carboxylic acids is 1. The van der Waals surface area contributed by atoms with Crippen LogP contribution in [0.2, 0.25) is 0 Å². The van der Waals surface area contributed by atoms with E-state index in [0.29, 0.717) is 12.8 Å². The molecule has 0 aromatic heterocycles. The number of alkyl halides is 4. The average molecular weight is 674 g/mol. The fraction of sp³-hybridized carbons (Fsp3) is 0.571. The van der Waals surface area contributed by atoms with Crippen LogP contribution in [0.25, 0.3) is 0 Å². The van der Waals surface area contributed by atoms with Crippen molar-refractivity contribution >= 4 is 17.6 Å². The van der Waals surface area contributed by atoms with Crippen LogP contribution in [0.5, 0.6) is 0 Å². The summed E-state index contributed by atoms with van der Waals surface area (Å²) in [5.41, 5.74) is 2.12. The third-order valence-electron chi connectivity index (χ3n) is 5.93. The molecule has 12 heteroatoms. The predicted octanol–water partition coefficient (Wildman–Crippen LogP) is 7.84. The number of terminal acetylenes is 1. The van der Waals surface area contributed by atoms with Gasteiger partial charge in [0.25, 0.3) is 0 Å². The second-order valence-electron chi connectivity index (χ2n) is 10.3. The minimum atomic E-state index is -4.00. The molecule has 2 rings (SSSR count). The van der Waals surface area contributed by atoms with Crippen LogP contribution in [-0.2, 0) is 20.9 Å². The van der Waals surface area contributed by atoms with Crippen molar-refractivity contribution in [2.45, 2.75) is 111 Å². The lowest BCUT2D eigenvalue weighted by Crippen LogP contribution is -2.42. The minimum absolute atomic E-state index is 0.00111. The van der Waals surface area contributed by atoms with Crippen LogP contribution in [0.1, 0.15) is 91.5 Å². The molecule has 1 unspecified atom stereocenters. The van der Waals surface area contributed by atoms with E-state index in [1.54, 1.807) is 13.0 Å². The number of nitrogens with zero attached hydrogens (tertiary/aromatic N) is 2. The van der Waals surface area contributed by atoms with Gasteiger partial charge in [-0.3, -0.25) is 9.80 Å². The van der Waals surface area contributed by atoms with E-state index in [1.165, 1.54) is 18.5 Å². The molecule has 0 bridgehead atoms. The highest BCUT2D eigenvalue weighted by atomic mass is 19.4. The Morgan fingerprint density at radius 3 is 2.09 bits per heavy atom. The zero-order valence-electron chi connectivity index (χ0n) is 28.7. The van der Waals surface area contributed by atoms with Gasteiger partial charge in [-0.05, 0) is 44.6 Å². The van der Waals surface area contributed by atoms with E-state index in [2.05, 4.69) is 36.3 Å². The summed E-state index contributed by atoms with van der Waals surface area (Å²) in [6, 6.07) is 9.75. The molecular weight excluding hydrogens is 618 g/mol. The van der Waals surface area contributed by atoms with Gasteiger partial charge in [0.1, 0.15) is 25.2 Å². The first-order chi connectivity index (χ1) is 22.2. The average Bonchev–Trinajstić information content (AvgIpc) is 3.04. The number of aliphatic hydroxyl groups is 1. The lowest BCUT2D eigenvalue weighted by Gasteiger charge is -2.24. The van der Waals surface area contributed by atoms with Crippen molar-refractivity contribution in [1.29, 1.82) is 0 Å². The van der Waals surface area contributed by atoms with Crippen LogP contribution < -0.4 is 5.32 Å². The third kappa shape index (κ3) is 33.5. The molecule has 8 nitrogen and oxygen atoms in total. The number of carbonyl (C=O) groups excluding carboxylic acids is 1. The van der Waals surface area contributed by atoms with Gasteiger partial charge >= 0.3 is 12.1 Å². The first kappa shape index (κ1) is 47.7. The predicted molar refractivity (Wildman–Crippen MR) is 181 cm³/mol. The second-order valence-corrected chi connectivity index (χ2v) is 10.3. The van der Waals surface area contributed by atoms with Gasteiger partial charge in [0.05, 0.1) is 6.61 Å². The maximum Gasteiger partial charge on any atom is 0.386 e. The van der Waals surface area contributed by atoms with E-state index < -0.39 is 18.3 Å². The number of benzene rings is 1. The summed E-state index contributed by atoms with van der Waals surface area (Å²) in [6.45, 7) is 8.02. The van der Waals surface area contributed by atoms with Gasteiger partial charge in [0.15, 0.2) is 0 Å². The SMILES string of the molecule is C#C.CC(F)(F)F.CC/C(=N\N(COC)CC(=O)NC1CCCCC1)C(=O)O.CC/C=C(C)\C=C/C(F)CC.OCc1ccccc1. The van der Waals surface area contributed by atoms with E-state index in [9.17, 15) is 27.2 Å². The number of hydrogen-bond donors (Lipinski definition) is 3. The van der Waals surface area contributed by atoms with Crippen LogP contribution in [0.3, 0.4) is 0 Å². The summed E-state index contributed by atoms with van der Waals surface area (Å²) >= 11 is 0. The number of aliphatic hydroxyl groups excluding tert-OH is 1. The Kier molecular flexibility index (Phi) is 31.4. The number of amides is 1. The van der Waals surface area contributed by atoms with Gasteiger partial charge in [-0.1, -0.05) is 94.2 Å². The fourth-order valence-corrected chi connectivity index (χ4v) is 3.75. The Bertz CT molecular complexity index is 1030. The van der Waals surface area contributed by atoms with E-state index in [4.69, 9.17) is 14.9 Å². The summed E-state index contributed by atoms with van der Waals surface area (Å²) in [5, 5.41) is 25.8. The van der Waals surface area contributed by atoms with E-state index in [-0.39, 0.29) is 44.5 Å². The van der Waals surface area contributed by atoms with Gasteiger partial charge in [-0.2, -0.15) is 18.3 Å². The molecule has 0 aliphatic heterocycles. The number of allylic oxidation sites excluding steroid dienone is 4. The first-order valence-electron chi connectivity index (χ1n) is 15.6. The molecule has 1 aliphatic carbocycles. The molecule has 1 aliphatic rings. The molecule has 0 heterocycles. The Balaban J connectivity index is -0.000000620. The maximum atomic E-state index is 12.6. The zero-order chi connectivity index (χ0) is 36.7. The molecule has 1 saturated carbocycles. The molecule has 3 N–H and O–H groups in total. The molecule has 268 valence electrons. The largest absolute Gasteiger partial charge is 0.477 e. The molecule has 0 spiro atoms. The summed E-state index contributed by atoms with van der Waals surface area (Å²) in [7, 11) is 1.48. The van der Waals surface area contributed by atoms with E-state index in [1.807, 2.05) is 50.3 Å². The van der Waals surface area contributed by atoms with Crippen LogP contribution in [0, 0.1) is 12.8 Å². The number of rotatable bonds is 13. The van der Waals surface area contributed by atoms with Crippen LogP contribution in [-0.4, -0.2) is 71.6 Å². The zero-order valence-corrected chi connectivity index (χ0v) is 28.7. The summed E-state index contributed by atoms with van der Waals surface area (Å²) < 4.78 is 48.6. The molecule has 1 aromatic carbocycles. The topological polar surface area (TPSA) is 111 Å². The van der Waals surface area contributed by atoms with Crippen molar-refractivity contribution in [2.24, 2.45) is 5.10 Å². The number of methoxy groups -OCH3 is 1. The molecule has 0 saturated heterocycles. The van der Waals surface area contributed by atoms with Gasteiger partial charge < -0.3 is 20.3 Å². The highest BCUT2D eigenvalue weighted by Gasteiger charge is 2.18. The van der Waals surface area contributed by atoms with Crippen molar-refractivity contribution in [3.05, 3.63) is 59.7 Å². The van der Waals surface area contributed by atoms with E-state index in [0.717, 1.165) is 43.2 Å². The van der Waals surface area contributed by atoms with Crippen LogP contribution in [0.4, 0.5) is 17.6 Å². The van der Waals surface area contributed by atoms with Crippen molar-refractivity contribution in [3.8, 4) is 12.8 Å². The van der Waals surface area contributed by atoms with Crippen LogP contribution in [0.15, 0.2) is 59.2 Å². The second kappa shape index (κ2) is 30.9. The smallest absolute Gasteiger partial charge is 0.386 e. The van der Waals surface area contributed by atoms with Crippen molar-refractivity contribution < 1.29 is 42.1 Å². The maximum absolute atomic E-state index is 12.6. The number of aliphatic carboxylic acids is 1. The summed E-state index contributed by atoms with van der Waals surface area (Å²) in [6.07, 6.45) is 16.2. The number of hydrazone groups is 1. The van der Waals surface area contributed by atoms with Crippen molar-refractivity contribution in [2.75, 3.05) is 20.4 Å². The van der Waals surface area contributed by atoms with Crippen molar-refractivity contribution in [3.63, 3.8) is 0 Å². The number of carbonyl (C=O) groups is 2. The molecule has 0 radical (unpaired) electrons. The lowest BCUT2D eigenvalue weighted by molar-refractivity contribution is -0.130. The van der Waals surface area contributed by atoms with Gasteiger partial charge in [-0.15, -0.1) is 12.8 Å². The van der Waals surface area contributed by atoms with Gasteiger partial charge in [0, 0.05) is 20.1 Å². The molecule has 1 aromatic rings. The van der Waals surface area contributed by atoms with Gasteiger partial charge in [-0.25, -0.2) is 9.18 Å². The molecule has 1 amide bonds. The van der Waals surface area contributed by atoms with Crippen molar-refractivity contribution in [1.82, 2.24) is 10.3 Å². The number of halogens is 4. The molecule has 47 heavy (non-hydrogen) atoms. The number of hydrogen-bond acceptors (Lipinski definition) is 6. The highest BCUT2D eigenvalue weighted by molar-refractivity contribution is 6.35. The highest BCUT2D eigenvalue weighted by Crippen LogP contribution is 2.17. The molecule has 1 atom stereocenters. The Morgan fingerprint density at radius 1 is 1.13 bits per heavy atom. The summed E-state index contributed by atoms with van der Waals surface area (Å²) in [5.74, 6) is -1.23. The summed E-state index contributed by atoms with van der Waals surface area (Å²) in [4.78, 5) is 23.0. The normalized spacial score (nSPS) is 14.0. The number of ether oxygens (including phenoxy) is 1. The lowest BCUT2D eigenvalue weighted by atomic mass is 9.95. The molecular formula is C35H55F4N3O5. The Morgan fingerprint density at radius 2 is 1.68 bits per heavy atom. The standard InChI is InChI=1S/C14H25N3O4.C10H17F.C7H8O.C2H3F3.C2H2/c1-3-12(14(19)20)16-17(10-21-2)9-13(18)15-11-7-5-4-6-8-11;1-4-6-9(3)7-8-10(11)5-2;8-6-7-4-2-1-3-5-7;1-2(3,4)5;1-2/h11H,3-10H2,1-2H3,(H,15,18)(H,19,20);6-8,10H,4-5H2,1-3H3;1-5,8H,6H2;1H3;1-2H/b16-12+;8-7-,9-6-;;;. The monoisotopic (exact) mass is 673 g/mol. The number of nitrogens with one attached hydrogen (secondary N) is 1. The Hall–Kier alpha value is -3.69. The third-order valence-corrected chi connectivity index (χ3v) is 5.93. The fourth-order valence-electron chi connectivity index (χ4n) is 3.75. The van der Waals surface area contributed by atoms with Crippen LogP contribution >= 0.6 is 0 Å². The minimum Gasteiger partial charge on any atom is -0.477 e. The first-order valence-corrected chi connectivity index (χ1v) is 15.6. The molecule has 1 fully saturated rings.